The summed E-state index contributed by atoms with van der Waals surface area (Å²) in [5, 5.41) is 0.864. The van der Waals surface area contributed by atoms with Crippen molar-refractivity contribution in [3.63, 3.8) is 0 Å². The molecule has 0 unspecified atom stereocenters. The van der Waals surface area contributed by atoms with Crippen LogP contribution in [0.1, 0.15) is 35.9 Å². The molecular weight excluding hydrogens is 440 g/mol. The Balaban J connectivity index is 1.61. The van der Waals surface area contributed by atoms with Gasteiger partial charge in [-0.1, -0.05) is 15.9 Å². The maximum Gasteiger partial charge on any atom is 0.309 e. The first-order valence-electron chi connectivity index (χ1n) is 9.70. The zero-order valence-corrected chi connectivity index (χ0v) is 18.5. The molecule has 1 saturated heterocycles. The van der Waals surface area contributed by atoms with Gasteiger partial charge in [0.25, 0.3) is 5.91 Å². The quantitative estimate of drug-likeness (QED) is 0.633. The maximum absolute atomic E-state index is 12.8. The summed E-state index contributed by atoms with van der Waals surface area (Å²) in [5.74, 6) is -0.576. The van der Waals surface area contributed by atoms with E-state index >= 15 is 0 Å². The third-order valence-electron chi connectivity index (χ3n) is 5.28. The van der Waals surface area contributed by atoms with E-state index in [1.807, 2.05) is 25.1 Å². The Kier molecular flexibility index (Phi) is 6.62. The topological polar surface area (TPSA) is 80.1 Å². The van der Waals surface area contributed by atoms with Crippen molar-refractivity contribution in [3.8, 4) is 0 Å². The van der Waals surface area contributed by atoms with Gasteiger partial charge in [-0.15, -0.1) is 0 Å². The van der Waals surface area contributed by atoms with Gasteiger partial charge in [0.15, 0.2) is 5.76 Å². The minimum absolute atomic E-state index is 0.0386. The van der Waals surface area contributed by atoms with Gasteiger partial charge in [0.1, 0.15) is 5.58 Å². The second kappa shape index (κ2) is 8.98. The van der Waals surface area contributed by atoms with E-state index in [1.54, 1.807) is 18.9 Å². The molecule has 0 atom stereocenters. The van der Waals surface area contributed by atoms with Crippen LogP contribution >= 0.6 is 15.9 Å². The minimum atomic E-state index is -0.329. The summed E-state index contributed by atoms with van der Waals surface area (Å²) in [6.07, 6.45) is 1.17. The number of carbonyl (C=O) groups is 3. The second-order valence-electron chi connectivity index (χ2n) is 7.26. The van der Waals surface area contributed by atoms with Crippen molar-refractivity contribution >= 4 is 44.7 Å². The molecule has 1 aliphatic heterocycles. The summed E-state index contributed by atoms with van der Waals surface area (Å²) in [7, 11) is 1.59. The van der Waals surface area contributed by atoms with Crippen LogP contribution < -0.4 is 0 Å². The van der Waals surface area contributed by atoms with E-state index in [0.717, 1.165) is 15.4 Å². The standard InChI is InChI=1S/C21H25BrN2O5/c1-4-28-21(27)14-7-9-24(10-8-14)18(25)12-23(3)20(26)19-13(2)16-11-15(22)5-6-17(16)29-19/h5-6,11,14H,4,7-10,12H2,1-3H3. The molecule has 1 aromatic carbocycles. The summed E-state index contributed by atoms with van der Waals surface area (Å²) >= 11 is 3.42. The fourth-order valence-corrected chi connectivity index (χ4v) is 3.93. The molecule has 156 valence electrons. The van der Waals surface area contributed by atoms with Crippen molar-refractivity contribution in [3.05, 3.63) is 34.0 Å². The van der Waals surface area contributed by atoms with Gasteiger partial charge in [0, 0.05) is 35.6 Å². The summed E-state index contributed by atoms with van der Waals surface area (Å²) in [6.45, 7) is 4.92. The molecule has 1 fully saturated rings. The predicted molar refractivity (Wildman–Crippen MR) is 112 cm³/mol. The third kappa shape index (κ3) is 4.63. The Morgan fingerprint density at radius 3 is 2.62 bits per heavy atom. The first-order chi connectivity index (χ1) is 13.8. The minimum Gasteiger partial charge on any atom is -0.466 e. The monoisotopic (exact) mass is 464 g/mol. The van der Waals surface area contributed by atoms with Crippen LogP contribution in [0.15, 0.2) is 27.1 Å². The first kappa shape index (κ1) is 21.4. The normalized spacial score (nSPS) is 14.8. The van der Waals surface area contributed by atoms with Crippen LogP contribution in [0.2, 0.25) is 0 Å². The molecule has 3 rings (SSSR count). The van der Waals surface area contributed by atoms with Crippen LogP contribution in [-0.2, 0) is 14.3 Å². The van der Waals surface area contributed by atoms with Gasteiger partial charge >= 0.3 is 5.97 Å². The summed E-state index contributed by atoms with van der Waals surface area (Å²) in [6, 6.07) is 5.57. The number of piperidine rings is 1. The number of nitrogens with zero attached hydrogens (tertiary/aromatic N) is 2. The van der Waals surface area contributed by atoms with E-state index in [-0.39, 0.29) is 36.0 Å². The maximum atomic E-state index is 12.8. The number of rotatable bonds is 5. The largest absolute Gasteiger partial charge is 0.466 e. The number of ether oxygens (including phenoxy) is 1. The van der Waals surface area contributed by atoms with Crippen molar-refractivity contribution < 1.29 is 23.5 Å². The molecule has 0 saturated carbocycles. The Labute approximate surface area is 178 Å². The van der Waals surface area contributed by atoms with Crippen LogP contribution in [0.5, 0.6) is 0 Å². The number of benzene rings is 1. The number of likely N-dealkylation sites (tertiary alicyclic amines) is 1. The van der Waals surface area contributed by atoms with Crippen LogP contribution in [0.25, 0.3) is 11.0 Å². The molecular formula is C21H25BrN2O5. The van der Waals surface area contributed by atoms with Gasteiger partial charge in [0.2, 0.25) is 5.91 Å². The lowest BCUT2D eigenvalue weighted by Gasteiger charge is -2.32. The highest BCUT2D eigenvalue weighted by Gasteiger charge is 2.30. The van der Waals surface area contributed by atoms with E-state index in [0.29, 0.717) is 38.1 Å². The molecule has 2 aromatic rings. The van der Waals surface area contributed by atoms with Gasteiger partial charge in [-0.2, -0.15) is 0 Å². The van der Waals surface area contributed by atoms with Crippen molar-refractivity contribution in [2.45, 2.75) is 26.7 Å². The molecule has 0 bridgehead atoms. The van der Waals surface area contributed by atoms with Crippen LogP contribution in [0, 0.1) is 12.8 Å². The van der Waals surface area contributed by atoms with Crippen molar-refractivity contribution in [1.29, 1.82) is 0 Å². The Bertz CT molecular complexity index is 931. The number of hydrogen-bond acceptors (Lipinski definition) is 5. The van der Waals surface area contributed by atoms with Crippen molar-refractivity contribution in [2.75, 3.05) is 33.3 Å². The molecule has 8 heteroatoms. The lowest BCUT2D eigenvalue weighted by Crippen LogP contribution is -2.45. The lowest BCUT2D eigenvalue weighted by molar-refractivity contribution is -0.151. The summed E-state index contributed by atoms with van der Waals surface area (Å²) in [5.41, 5.74) is 1.38. The fraction of sp³-hybridized carbons (Fsp3) is 0.476. The molecule has 0 aliphatic carbocycles. The average Bonchev–Trinajstić information content (AvgIpc) is 3.03. The van der Waals surface area contributed by atoms with E-state index in [4.69, 9.17) is 9.15 Å². The molecule has 0 N–H and O–H groups in total. The van der Waals surface area contributed by atoms with Crippen molar-refractivity contribution in [2.24, 2.45) is 5.92 Å². The van der Waals surface area contributed by atoms with Gasteiger partial charge in [-0.25, -0.2) is 0 Å². The second-order valence-corrected chi connectivity index (χ2v) is 8.18. The molecule has 0 radical (unpaired) electrons. The zero-order chi connectivity index (χ0) is 21.1. The number of halogens is 1. The van der Waals surface area contributed by atoms with E-state index < -0.39 is 0 Å². The Morgan fingerprint density at radius 1 is 1.28 bits per heavy atom. The first-order valence-corrected chi connectivity index (χ1v) is 10.5. The van der Waals surface area contributed by atoms with E-state index in [2.05, 4.69) is 15.9 Å². The number of fused-ring (bicyclic) bond motifs is 1. The fourth-order valence-electron chi connectivity index (χ4n) is 3.57. The Hall–Kier alpha value is -2.35. The smallest absolute Gasteiger partial charge is 0.309 e. The third-order valence-corrected chi connectivity index (χ3v) is 5.77. The predicted octanol–water partition coefficient (Wildman–Crippen LogP) is 3.38. The number of esters is 1. The average molecular weight is 465 g/mol. The van der Waals surface area contributed by atoms with Gasteiger partial charge in [-0.05, 0) is 44.9 Å². The molecule has 2 amide bonds. The molecule has 1 aromatic heterocycles. The molecule has 2 heterocycles. The molecule has 29 heavy (non-hydrogen) atoms. The van der Waals surface area contributed by atoms with Crippen LogP contribution in [-0.4, -0.2) is 60.9 Å². The van der Waals surface area contributed by atoms with Crippen LogP contribution in [0.4, 0.5) is 0 Å². The highest BCUT2D eigenvalue weighted by atomic mass is 79.9. The zero-order valence-electron chi connectivity index (χ0n) is 16.9. The highest BCUT2D eigenvalue weighted by molar-refractivity contribution is 9.10. The number of likely N-dealkylation sites (N-methyl/N-ethyl adjacent to an activating group) is 1. The van der Waals surface area contributed by atoms with Crippen LogP contribution in [0.3, 0.4) is 0 Å². The SMILES string of the molecule is CCOC(=O)C1CCN(C(=O)CN(C)C(=O)c2oc3ccc(Br)cc3c2C)CC1. The number of carbonyl (C=O) groups excluding carboxylic acids is 3. The number of amides is 2. The summed E-state index contributed by atoms with van der Waals surface area (Å²) in [4.78, 5) is 40.4. The molecule has 1 aliphatic rings. The number of furan rings is 1. The van der Waals surface area contributed by atoms with Gasteiger partial charge in [0.05, 0.1) is 19.1 Å². The number of hydrogen-bond donors (Lipinski definition) is 0. The van der Waals surface area contributed by atoms with Gasteiger partial charge in [-0.3, -0.25) is 14.4 Å². The highest BCUT2D eigenvalue weighted by Crippen LogP contribution is 2.28. The Morgan fingerprint density at radius 2 is 1.97 bits per heavy atom. The molecule has 7 nitrogen and oxygen atoms in total. The van der Waals surface area contributed by atoms with Gasteiger partial charge < -0.3 is 19.0 Å². The molecule has 0 spiro atoms. The van der Waals surface area contributed by atoms with E-state index in [9.17, 15) is 14.4 Å². The number of aryl methyl sites for hydroxylation is 1. The van der Waals surface area contributed by atoms with E-state index in [1.165, 1.54) is 4.90 Å². The van der Waals surface area contributed by atoms with Crippen molar-refractivity contribution in [1.82, 2.24) is 9.80 Å². The lowest BCUT2D eigenvalue weighted by atomic mass is 9.97. The summed E-state index contributed by atoms with van der Waals surface area (Å²) < 4.78 is 11.7.